The molecule has 1 radical (unpaired) electrons. The van der Waals surface area contributed by atoms with Crippen molar-refractivity contribution in [2.75, 3.05) is 0 Å². The highest BCUT2D eigenvalue weighted by molar-refractivity contribution is 5.98. The van der Waals surface area contributed by atoms with Crippen LogP contribution in [0, 0.1) is 6.33 Å². The lowest BCUT2D eigenvalue weighted by molar-refractivity contribution is 0.740. The van der Waals surface area contributed by atoms with Gasteiger partial charge in [-0.25, -0.2) is 4.98 Å². The van der Waals surface area contributed by atoms with Crippen LogP contribution in [0.2, 0.25) is 0 Å². The van der Waals surface area contributed by atoms with E-state index in [1.165, 1.54) is 5.56 Å². The minimum Gasteiger partial charge on any atom is -0.321 e. The predicted molar refractivity (Wildman–Crippen MR) is 113 cm³/mol. The molecule has 2 N–H and O–H groups in total. The zero-order valence-corrected chi connectivity index (χ0v) is 15.7. The summed E-state index contributed by atoms with van der Waals surface area (Å²) in [5.41, 5.74) is 13.3. The van der Waals surface area contributed by atoms with Crippen LogP contribution < -0.4 is 5.73 Å². The maximum Gasteiger partial charge on any atom is 0.206 e. The highest BCUT2D eigenvalue weighted by atomic mass is 15.2. The number of rotatable bonds is 3. The normalized spacial score (nSPS) is 15.1. The second kappa shape index (κ2) is 5.96. The van der Waals surface area contributed by atoms with Gasteiger partial charge in [-0.1, -0.05) is 54.6 Å². The Morgan fingerprint density at radius 1 is 0.931 bits per heavy atom. The lowest BCUT2D eigenvalue weighted by atomic mass is 9.96. The Bertz CT molecular complexity index is 1350. The standard InChI is InChI=1S/C24H18N5/c25-24(11-12-24)18-8-6-17(7-9-18)22-19(16-4-2-1-3-5-16)14-20-21(27-22)10-13-29-15-26-28-23(20)29/h1-10,13-14H,11-12,25H2. The second-order valence-electron chi connectivity index (χ2n) is 7.73. The first-order valence-corrected chi connectivity index (χ1v) is 9.73. The number of hydrogen-bond acceptors (Lipinski definition) is 4. The van der Waals surface area contributed by atoms with Crippen LogP contribution in [0.25, 0.3) is 38.9 Å². The summed E-state index contributed by atoms with van der Waals surface area (Å²) in [7, 11) is 0. The molecule has 0 amide bonds. The summed E-state index contributed by atoms with van der Waals surface area (Å²) in [6, 6.07) is 23.0. The first-order valence-electron chi connectivity index (χ1n) is 9.73. The monoisotopic (exact) mass is 376 g/mol. The maximum atomic E-state index is 6.36. The molecule has 2 aromatic carbocycles. The molecule has 5 heteroatoms. The summed E-state index contributed by atoms with van der Waals surface area (Å²) in [5.74, 6) is 0. The van der Waals surface area contributed by atoms with Crippen LogP contribution in [0.15, 0.2) is 72.9 Å². The first kappa shape index (κ1) is 16.4. The van der Waals surface area contributed by atoms with Crippen molar-refractivity contribution >= 4 is 16.6 Å². The molecule has 0 spiro atoms. The second-order valence-corrected chi connectivity index (χ2v) is 7.73. The van der Waals surface area contributed by atoms with Gasteiger partial charge in [-0.3, -0.25) is 4.40 Å². The fraction of sp³-hybridized carbons (Fsp3) is 0.125. The molecule has 0 aliphatic heterocycles. The summed E-state index contributed by atoms with van der Waals surface area (Å²) in [6.07, 6.45) is 6.87. The Kier molecular flexibility index (Phi) is 3.37. The summed E-state index contributed by atoms with van der Waals surface area (Å²) in [6.45, 7) is 0. The number of fused-ring (bicyclic) bond motifs is 3. The Hall–Kier alpha value is -3.57. The zero-order valence-electron chi connectivity index (χ0n) is 15.7. The van der Waals surface area contributed by atoms with Crippen molar-refractivity contribution in [3.63, 3.8) is 0 Å². The third-order valence-electron chi connectivity index (χ3n) is 5.81. The molecular weight excluding hydrogens is 358 g/mol. The van der Waals surface area contributed by atoms with E-state index in [4.69, 9.17) is 10.7 Å². The Balaban J connectivity index is 1.60. The zero-order chi connectivity index (χ0) is 19.4. The Morgan fingerprint density at radius 3 is 2.48 bits per heavy atom. The van der Waals surface area contributed by atoms with Crippen LogP contribution in [0.5, 0.6) is 0 Å². The van der Waals surface area contributed by atoms with Crippen molar-refractivity contribution < 1.29 is 0 Å². The maximum absolute atomic E-state index is 6.36. The molecule has 1 fully saturated rings. The van der Waals surface area contributed by atoms with Gasteiger partial charge in [-0.05, 0) is 36.1 Å². The van der Waals surface area contributed by atoms with Crippen molar-refractivity contribution in [1.29, 1.82) is 0 Å². The number of nitrogens with two attached hydrogens (primary N) is 1. The molecule has 0 bridgehead atoms. The Morgan fingerprint density at radius 2 is 1.72 bits per heavy atom. The smallest absolute Gasteiger partial charge is 0.206 e. The van der Waals surface area contributed by atoms with Gasteiger partial charge in [0, 0.05) is 28.2 Å². The van der Waals surface area contributed by atoms with Gasteiger partial charge in [0.15, 0.2) is 5.65 Å². The molecule has 5 nitrogen and oxygen atoms in total. The van der Waals surface area contributed by atoms with E-state index in [9.17, 15) is 0 Å². The SMILES string of the molecule is NC1(c2ccc(-c3nc4ccn5[c]nnc5c4cc3-c3ccccc3)cc2)CC1. The third-order valence-corrected chi connectivity index (χ3v) is 5.81. The molecule has 29 heavy (non-hydrogen) atoms. The van der Waals surface area contributed by atoms with Crippen molar-refractivity contribution in [3.8, 4) is 22.4 Å². The average Bonchev–Trinajstić information content (AvgIpc) is 3.34. The topological polar surface area (TPSA) is 69.1 Å². The number of hydrogen-bond donors (Lipinski definition) is 1. The van der Waals surface area contributed by atoms with Crippen molar-refractivity contribution in [3.05, 3.63) is 84.8 Å². The van der Waals surface area contributed by atoms with E-state index >= 15 is 0 Å². The van der Waals surface area contributed by atoms with Crippen molar-refractivity contribution in [1.82, 2.24) is 19.6 Å². The number of aromatic nitrogens is 4. The minimum absolute atomic E-state index is 0.132. The quantitative estimate of drug-likeness (QED) is 0.508. The molecule has 3 heterocycles. The van der Waals surface area contributed by atoms with Gasteiger partial charge in [0.25, 0.3) is 0 Å². The minimum atomic E-state index is -0.132. The number of nitrogens with zero attached hydrogens (tertiary/aromatic N) is 4. The van der Waals surface area contributed by atoms with Crippen LogP contribution in [0.4, 0.5) is 0 Å². The molecular formula is C24H18N5. The molecule has 6 rings (SSSR count). The predicted octanol–water partition coefficient (Wildman–Crippen LogP) is 4.36. The van der Waals surface area contributed by atoms with E-state index < -0.39 is 0 Å². The fourth-order valence-corrected chi connectivity index (χ4v) is 3.92. The molecule has 3 aromatic heterocycles. The van der Waals surface area contributed by atoms with Gasteiger partial charge in [-0.2, -0.15) is 0 Å². The van der Waals surface area contributed by atoms with Crippen LogP contribution in [-0.4, -0.2) is 19.6 Å². The molecule has 0 saturated heterocycles. The van der Waals surface area contributed by atoms with Gasteiger partial charge in [0.2, 0.25) is 6.33 Å². The van der Waals surface area contributed by atoms with E-state index in [2.05, 4.69) is 59.0 Å². The van der Waals surface area contributed by atoms with Crippen LogP contribution in [-0.2, 0) is 5.54 Å². The fourth-order valence-electron chi connectivity index (χ4n) is 3.92. The number of pyridine rings is 2. The van der Waals surface area contributed by atoms with Crippen LogP contribution in [0.1, 0.15) is 18.4 Å². The van der Waals surface area contributed by atoms with E-state index in [1.807, 2.05) is 30.5 Å². The Labute approximate surface area is 167 Å². The first-order chi connectivity index (χ1) is 14.2. The van der Waals surface area contributed by atoms with E-state index in [0.717, 1.165) is 51.8 Å². The van der Waals surface area contributed by atoms with E-state index in [-0.39, 0.29) is 5.54 Å². The van der Waals surface area contributed by atoms with Crippen molar-refractivity contribution in [2.45, 2.75) is 18.4 Å². The van der Waals surface area contributed by atoms with Gasteiger partial charge < -0.3 is 5.73 Å². The third kappa shape index (κ3) is 2.62. The molecule has 5 aromatic rings. The summed E-state index contributed by atoms with van der Waals surface area (Å²) >= 11 is 0. The summed E-state index contributed by atoms with van der Waals surface area (Å²) in [4.78, 5) is 5.03. The van der Waals surface area contributed by atoms with Gasteiger partial charge in [-0.15, -0.1) is 10.2 Å². The molecule has 1 saturated carbocycles. The van der Waals surface area contributed by atoms with E-state index in [0.29, 0.717) is 0 Å². The lowest BCUT2D eigenvalue weighted by Crippen LogP contribution is -2.18. The summed E-state index contributed by atoms with van der Waals surface area (Å²) < 4.78 is 1.80. The van der Waals surface area contributed by atoms with Crippen LogP contribution in [0.3, 0.4) is 0 Å². The molecule has 0 atom stereocenters. The van der Waals surface area contributed by atoms with Crippen molar-refractivity contribution in [2.24, 2.45) is 5.73 Å². The molecule has 139 valence electrons. The van der Waals surface area contributed by atoms with Gasteiger partial charge >= 0.3 is 0 Å². The van der Waals surface area contributed by atoms with E-state index in [1.54, 1.807) is 4.40 Å². The highest BCUT2D eigenvalue weighted by Crippen LogP contribution is 2.43. The highest BCUT2D eigenvalue weighted by Gasteiger charge is 2.39. The number of benzene rings is 2. The lowest BCUT2D eigenvalue weighted by Gasteiger charge is -2.14. The largest absolute Gasteiger partial charge is 0.321 e. The molecule has 1 aliphatic rings. The molecule has 1 aliphatic carbocycles. The molecule has 0 unspecified atom stereocenters. The van der Waals surface area contributed by atoms with Crippen LogP contribution >= 0.6 is 0 Å². The van der Waals surface area contributed by atoms with Gasteiger partial charge in [0.1, 0.15) is 0 Å². The average molecular weight is 376 g/mol. The van der Waals surface area contributed by atoms with Gasteiger partial charge in [0.05, 0.1) is 11.2 Å². The summed E-state index contributed by atoms with van der Waals surface area (Å²) in [5, 5.41) is 9.11.